The van der Waals surface area contributed by atoms with Crippen LogP contribution in [0.25, 0.3) is 5.65 Å². The number of amides is 1. The first-order valence-corrected chi connectivity index (χ1v) is 10.5. The van der Waals surface area contributed by atoms with Crippen molar-refractivity contribution in [2.45, 2.75) is 19.8 Å². The summed E-state index contributed by atoms with van der Waals surface area (Å²) in [7, 11) is 3.64. The van der Waals surface area contributed by atoms with Gasteiger partial charge in [0.15, 0.2) is 1.41 Å². The van der Waals surface area contributed by atoms with E-state index in [-0.39, 0.29) is 6.42 Å². The highest BCUT2D eigenvalue weighted by Crippen LogP contribution is 2.24. The maximum Gasteiger partial charge on any atom is 0.308 e. The molecule has 0 fully saturated rings. The molecule has 0 aliphatic heterocycles. The van der Waals surface area contributed by atoms with E-state index in [0.29, 0.717) is 40.5 Å². The number of nitrogens with one attached hydrogen (secondary N) is 1. The number of nitrogens with zero attached hydrogens (tertiary/aromatic N) is 4. The largest absolute Gasteiger partial charge is 0.481 e. The van der Waals surface area contributed by atoms with Crippen molar-refractivity contribution in [2.24, 2.45) is 0 Å². The molecule has 2 aromatic carbocycles. The fraction of sp³-hybridized carbons (Fsp3) is 0.200. The average molecular weight is 445 g/mol. The number of aryl methyl sites for hydroxylation is 1. The van der Waals surface area contributed by atoms with Gasteiger partial charge in [-0.05, 0) is 36.8 Å². The van der Waals surface area contributed by atoms with Gasteiger partial charge in [-0.3, -0.25) is 14.0 Å². The van der Waals surface area contributed by atoms with Crippen LogP contribution in [-0.4, -0.2) is 45.4 Å². The molecular formula is C25H25N5O3. The van der Waals surface area contributed by atoms with Crippen LogP contribution >= 0.6 is 0 Å². The van der Waals surface area contributed by atoms with Crippen molar-refractivity contribution in [2.75, 3.05) is 24.3 Å². The van der Waals surface area contributed by atoms with Crippen LogP contribution in [0.1, 0.15) is 32.9 Å². The number of anilines is 2. The summed E-state index contributed by atoms with van der Waals surface area (Å²) in [5, 5.41) is 10.2. The highest BCUT2D eigenvalue weighted by molar-refractivity contribution is 6.04. The number of hydrogen-bond donors (Lipinski definition) is 2. The van der Waals surface area contributed by atoms with Gasteiger partial charge in [-0.25, -0.2) is 9.97 Å². The van der Waals surface area contributed by atoms with Crippen LogP contribution in [0.5, 0.6) is 0 Å². The zero-order chi connectivity index (χ0) is 24.4. The highest BCUT2D eigenvalue weighted by Gasteiger charge is 2.19. The number of carbonyl (C=O) groups is 2. The van der Waals surface area contributed by atoms with Crippen molar-refractivity contribution in [1.29, 1.82) is 0 Å². The Morgan fingerprint density at radius 2 is 1.82 bits per heavy atom. The second-order valence-electron chi connectivity index (χ2n) is 8.04. The lowest BCUT2D eigenvalue weighted by atomic mass is 10.1. The van der Waals surface area contributed by atoms with Gasteiger partial charge in [0.2, 0.25) is 0 Å². The maximum atomic E-state index is 12.6. The van der Waals surface area contributed by atoms with Gasteiger partial charge in [0.1, 0.15) is 17.3 Å². The third-order valence-corrected chi connectivity index (χ3v) is 5.27. The van der Waals surface area contributed by atoms with E-state index in [2.05, 4.69) is 4.98 Å². The number of benzene rings is 2. The molecule has 0 saturated heterocycles. The number of aromatic nitrogens is 3. The van der Waals surface area contributed by atoms with Crippen molar-refractivity contribution >= 4 is 29.0 Å². The molecule has 33 heavy (non-hydrogen) atoms. The Balaban J connectivity index is 1.60. The minimum absolute atomic E-state index is 0.176. The average Bonchev–Trinajstić information content (AvgIpc) is 3.31. The number of carboxylic acids is 1. The summed E-state index contributed by atoms with van der Waals surface area (Å²) in [6.45, 7) is 1.94. The Kier molecular flexibility index (Phi) is 5.72. The molecule has 0 atom stereocenters. The second-order valence-corrected chi connectivity index (χ2v) is 8.04. The summed E-state index contributed by atoms with van der Waals surface area (Å²) < 4.78 is 10.1. The number of aliphatic carboxylic acids is 1. The molecule has 0 spiro atoms. The van der Waals surface area contributed by atoms with Crippen LogP contribution in [0.4, 0.5) is 11.5 Å². The number of fused-ring (bicyclic) bond motifs is 1. The molecule has 2 N–H and O–H groups in total. The van der Waals surface area contributed by atoms with E-state index in [9.17, 15) is 14.7 Å². The Morgan fingerprint density at radius 1 is 1.12 bits per heavy atom. The van der Waals surface area contributed by atoms with Crippen LogP contribution in [-0.2, 0) is 17.6 Å². The fourth-order valence-corrected chi connectivity index (χ4v) is 3.63. The quantitative estimate of drug-likeness (QED) is 0.452. The zero-order valence-electron chi connectivity index (χ0n) is 19.7. The van der Waals surface area contributed by atoms with Crippen molar-refractivity contribution in [3.8, 4) is 0 Å². The Morgan fingerprint density at radius 3 is 2.45 bits per heavy atom. The van der Waals surface area contributed by atoms with Gasteiger partial charge in [-0.15, -0.1) is 0 Å². The molecule has 0 bridgehead atoms. The van der Waals surface area contributed by atoms with Gasteiger partial charge >= 0.3 is 5.97 Å². The van der Waals surface area contributed by atoms with E-state index in [0.717, 1.165) is 16.4 Å². The van der Waals surface area contributed by atoms with Gasteiger partial charge in [-0.2, -0.15) is 0 Å². The van der Waals surface area contributed by atoms with Gasteiger partial charge in [-0.1, -0.05) is 29.8 Å². The monoisotopic (exact) mass is 444 g/mol. The van der Waals surface area contributed by atoms with E-state index < -0.39 is 11.9 Å². The summed E-state index contributed by atoms with van der Waals surface area (Å²) in [5.74, 6) is -0.0808. The van der Waals surface area contributed by atoms with Crippen LogP contribution in [0.3, 0.4) is 0 Å². The number of hydrogen-bond acceptors (Lipinski definition) is 5. The normalized spacial score (nSPS) is 11.3. The predicted octanol–water partition coefficient (Wildman–Crippen LogP) is 3.57. The summed E-state index contributed by atoms with van der Waals surface area (Å²) in [6.07, 6.45) is 3.68. The Labute approximate surface area is 193 Å². The molecule has 168 valence electrons. The molecule has 0 saturated carbocycles. The van der Waals surface area contributed by atoms with Gasteiger partial charge in [0, 0.05) is 49.7 Å². The van der Waals surface area contributed by atoms with Crippen molar-refractivity contribution in [1.82, 2.24) is 14.4 Å². The van der Waals surface area contributed by atoms with E-state index in [4.69, 9.17) is 6.40 Å². The molecule has 2 heterocycles. The molecule has 4 rings (SSSR count). The molecule has 0 aliphatic carbocycles. The molecule has 0 unspecified atom stereocenters. The third kappa shape index (κ3) is 4.85. The van der Waals surface area contributed by atoms with Gasteiger partial charge in [0.05, 0.1) is 6.42 Å². The van der Waals surface area contributed by atoms with Crippen LogP contribution in [0.15, 0.2) is 60.9 Å². The highest BCUT2D eigenvalue weighted by atomic mass is 16.4. The van der Waals surface area contributed by atoms with Crippen LogP contribution < -0.4 is 10.2 Å². The molecule has 2 aromatic heterocycles. The standard InChI is InChI=1S/C25H25N5O3/c1-16-4-8-18(9-5-16)25(33)27-19-10-6-17(7-11-19)14-21-28-24(29(2)3)20(15-22(31)32)23-26-12-13-30(21)23/h4-13H,14-15H2,1-3H3,(H,27,33)(H,31,32)/i/hD. The predicted molar refractivity (Wildman–Crippen MR) is 127 cm³/mol. The molecule has 4 aromatic rings. The second kappa shape index (κ2) is 9.12. The van der Waals surface area contributed by atoms with Crippen LogP contribution in [0.2, 0.25) is 1.41 Å². The summed E-state index contributed by atoms with van der Waals surface area (Å²) in [6, 6.07) is 14.3. The summed E-state index contributed by atoms with van der Waals surface area (Å²) in [5.41, 5.74) is 4.01. The van der Waals surface area contributed by atoms with Gasteiger partial charge in [0.25, 0.3) is 5.91 Å². The topological polar surface area (TPSA) is 99.8 Å². The van der Waals surface area contributed by atoms with E-state index in [1.807, 2.05) is 45.3 Å². The number of imidazole rings is 1. The van der Waals surface area contributed by atoms with E-state index >= 15 is 0 Å². The minimum atomic E-state index is -0.946. The first kappa shape index (κ1) is 20.7. The maximum absolute atomic E-state index is 12.6. The fourth-order valence-electron chi connectivity index (χ4n) is 3.63. The van der Waals surface area contributed by atoms with Crippen molar-refractivity contribution in [3.05, 3.63) is 89.0 Å². The molecule has 0 aliphatic rings. The van der Waals surface area contributed by atoms with E-state index in [1.165, 1.54) is 0 Å². The SMILES string of the molecule is [2H]N(C(=O)c1ccc(C)cc1)c1ccc(Cc2nc(N(C)C)c(CC(=O)O)c3nccn23)cc1. The Bertz CT molecular complexity index is 1350. The first-order chi connectivity index (χ1) is 16.2. The third-order valence-electron chi connectivity index (χ3n) is 5.27. The Hall–Kier alpha value is -4.20. The smallest absolute Gasteiger partial charge is 0.308 e. The lowest BCUT2D eigenvalue weighted by Gasteiger charge is -2.18. The lowest BCUT2D eigenvalue weighted by molar-refractivity contribution is -0.136. The molecular weight excluding hydrogens is 418 g/mol. The molecule has 0 radical (unpaired) electrons. The van der Waals surface area contributed by atoms with Gasteiger partial charge < -0.3 is 15.3 Å². The molecule has 8 heteroatoms. The first-order valence-electron chi connectivity index (χ1n) is 10.9. The lowest BCUT2D eigenvalue weighted by Crippen LogP contribution is -2.19. The van der Waals surface area contributed by atoms with Crippen molar-refractivity contribution in [3.63, 3.8) is 0 Å². The number of carbonyl (C=O) groups excluding carboxylic acids is 1. The zero-order valence-corrected chi connectivity index (χ0v) is 18.7. The molecule has 1 amide bonds. The van der Waals surface area contributed by atoms with E-state index in [1.54, 1.807) is 46.0 Å². The van der Waals surface area contributed by atoms with Crippen molar-refractivity contribution < 1.29 is 16.1 Å². The number of carboxylic acid groups (broad SMARTS) is 1. The number of rotatable bonds is 7. The molecule has 8 nitrogen and oxygen atoms in total. The summed E-state index contributed by atoms with van der Waals surface area (Å²) in [4.78, 5) is 34.9. The minimum Gasteiger partial charge on any atom is -0.481 e. The summed E-state index contributed by atoms with van der Waals surface area (Å²) >= 11 is 0. The van der Waals surface area contributed by atoms with Crippen LogP contribution in [0, 0.1) is 6.92 Å².